The van der Waals surface area contributed by atoms with Crippen LogP contribution >= 0.6 is 15.9 Å². The van der Waals surface area contributed by atoms with E-state index in [1.165, 1.54) is 0 Å². The summed E-state index contributed by atoms with van der Waals surface area (Å²) in [6, 6.07) is 5.98. The van der Waals surface area contributed by atoms with Crippen LogP contribution in [0.25, 0.3) is 0 Å². The van der Waals surface area contributed by atoms with Gasteiger partial charge in [-0.25, -0.2) is 0 Å². The van der Waals surface area contributed by atoms with Crippen molar-refractivity contribution in [2.45, 2.75) is 32.5 Å². The number of hydrogen-bond donors (Lipinski definition) is 0. The summed E-state index contributed by atoms with van der Waals surface area (Å²) >= 11 is 3.50. The molecule has 0 unspecified atom stereocenters. The van der Waals surface area contributed by atoms with Crippen LogP contribution in [0.5, 0.6) is 5.75 Å². The molecule has 1 fully saturated rings. The van der Waals surface area contributed by atoms with Gasteiger partial charge in [0.15, 0.2) is 5.79 Å². The molecule has 100 valence electrons. The third-order valence-corrected chi connectivity index (χ3v) is 3.53. The molecule has 3 nitrogen and oxygen atoms in total. The minimum absolute atomic E-state index is 0.633. The predicted octanol–water partition coefficient (Wildman–Crippen LogP) is 3.85. The summed E-state index contributed by atoms with van der Waals surface area (Å²) in [7, 11) is 0. The number of halogens is 1. The molecule has 0 aromatic heterocycles. The monoisotopic (exact) mass is 314 g/mol. The molecule has 1 aromatic carbocycles. The van der Waals surface area contributed by atoms with Crippen LogP contribution in [0, 0.1) is 0 Å². The van der Waals surface area contributed by atoms with Crippen LogP contribution in [0.1, 0.15) is 32.3 Å². The van der Waals surface area contributed by atoms with Gasteiger partial charge in [-0.1, -0.05) is 29.8 Å². The second-order valence-corrected chi connectivity index (χ2v) is 5.21. The highest BCUT2D eigenvalue weighted by Gasteiger charge is 2.39. The Kier molecular flexibility index (Phi) is 4.65. The van der Waals surface area contributed by atoms with Crippen LogP contribution in [-0.4, -0.2) is 19.8 Å². The average molecular weight is 315 g/mol. The molecule has 0 amide bonds. The van der Waals surface area contributed by atoms with Gasteiger partial charge in [-0.2, -0.15) is 0 Å². The molecule has 18 heavy (non-hydrogen) atoms. The number of rotatable bonds is 5. The van der Waals surface area contributed by atoms with Crippen molar-refractivity contribution in [2.75, 3.05) is 19.8 Å². The molecule has 0 spiro atoms. The van der Waals surface area contributed by atoms with Crippen molar-refractivity contribution in [3.8, 4) is 5.75 Å². The smallest absolute Gasteiger partial charge is 0.198 e. The molecular formula is C14H19BrO3. The lowest BCUT2D eigenvalue weighted by atomic mass is 10.0. The lowest BCUT2D eigenvalue weighted by Crippen LogP contribution is -2.27. The highest BCUT2D eigenvalue weighted by Crippen LogP contribution is 2.41. The van der Waals surface area contributed by atoms with E-state index in [9.17, 15) is 0 Å². The highest BCUT2D eigenvalue weighted by atomic mass is 79.9. The number of hydrogen-bond acceptors (Lipinski definition) is 3. The molecule has 0 radical (unpaired) electrons. The Morgan fingerprint density at radius 3 is 2.61 bits per heavy atom. The van der Waals surface area contributed by atoms with Gasteiger partial charge >= 0.3 is 0 Å². The quantitative estimate of drug-likeness (QED) is 0.826. The molecular weight excluding hydrogens is 296 g/mol. The van der Waals surface area contributed by atoms with Crippen molar-refractivity contribution in [2.24, 2.45) is 0 Å². The lowest BCUT2D eigenvalue weighted by molar-refractivity contribution is -0.168. The van der Waals surface area contributed by atoms with Crippen LogP contribution in [0.2, 0.25) is 0 Å². The lowest BCUT2D eigenvalue weighted by Gasteiger charge is -2.28. The van der Waals surface area contributed by atoms with E-state index in [1.54, 1.807) is 0 Å². The summed E-state index contributed by atoms with van der Waals surface area (Å²) in [5.41, 5.74) is 0.977. The number of ether oxygens (including phenoxy) is 3. The standard InChI is InChI=1S/C14H19BrO3/c1-3-7-16-13-6-5-11(15)10-12(13)14(4-2)17-8-9-18-14/h5-6,10H,3-4,7-9H2,1-2H3. The predicted molar refractivity (Wildman–Crippen MR) is 73.8 cm³/mol. The molecule has 4 heteroatoms. The van der Waals surface area contributed by atoms with E-state index in [0.29, 0.717) is 19.8 Å². The second-order valence-electron chi connectivity index (χ2n) is 4.29. The maximum absolute atomic E-state index is 5.83. The minimum Gasteiger partial charge on any atom is -0.493 e. The molecule has 1 aromatic rings. The van der Waals surface area contributed by atoms with E-state index in [1.807, 2.05) is 18.2 Å². The molecule has 2 rings (SSSR count). The van der Waals surface area contributed by atoms with Gasteiger partial charge in [0.25, 0.3) is 0 Å². The maximum atomic E-state index is 5.83. The van der Waals surface area contributed by atoms with E-state index < -0.39 is 5.79 Å². The van der Waals surface area contributed by atoms with E-state index in [0.717, 1.165) is 28.6 Å². The van der Waals surface area contributed by atoms with Gasteiger partial charge < -0.3 is 14.2 Å². The Morgan fingerprint density at radius 2 is 2.00 bits per heavy atom. The van der Waals surface area contributed by atoms with Crippen LogP contribution in [0.4, 0.5) is 0 Å². The van der Waals surface area contributed by atoms with Crippen molar-refractivity contribution < 1.29 is 14.2 Å². The van der Waals surface area contributed by atoms with E-state index >= 15 is 0 Å². The molecule has 1 saturated heterocycles. The molecule has 1 aliphatic heterocycles. The van der Waals surface area contributed by atoms with Crippen molar-refractivity contribution in [3.63, 3.8) is 0 Å². The van der Waals surface area contributed by atoms with Crippen LogP contribution in [0.15, 0.2) is 22.7 Å². The average Bonchev–Trinajstić information content (AvgIpc) is 2.87. The summed E-state index contributed by atoms with van der Waals surface area (Å²) < 4.78 is 18.5. The fourth-order valence-corrected chi connectivity index (χ4v) is 2.50. The first-order valence-electron chi connectivity index (χ1n) is 6.42. The van der Waals surface area contributed by atoms with Crippen LogP contribution in [-0.2, 0) is 15.3 Å². The molecule has 0 atom stereocenters. The van der Waals surface area contributed by atoms with Crippen molar-refractivity contribution in [1.29, 1.82) is 0 Å². The molecule has 0 saturated carbocycles. The largest absolute Gasteiger partial charge is 0.493 e. The second kappa shape index (κ2) is 6.04. The maximum Gasteiger partial charge on any atom is 0.198 e. The third kappa shape index (κ3) is 2.71. The topological polar surface area (TPSA) is 27.7 Å². The fraction of sp³-hybridized carbons (Fsp3) is 0.571. The first-order chi connectivity index (χ1) is 8.72. The first kappa shape index (κ1) is 13.8. The van der Waals surface area contributed by atoms with Gasteiger partial charge in [-0.05, 0) is 24.6 Å². The highest BCUT2D eigenvalue weighted by molar-refractivity contribution is 9.10. The molecule has 1 heterocycles. The third-order valence-electron chi connectivity index (χ3n) is 3.03. The van der Waals surface area contributed by atoms with Gasteiger partial charge in [0.2, 0.25) is 0 Å². The summed E-state index contributed by atoms with van der Waals surface area (Å²) in [5.74, 6) is 0.205. The van der Waals surface area contributed by atoms with Crippen molar-refractivity contribution in [1.82, 2.24) is 0 Å². The van der Waals surface area contributed by atoms with Crippen LogP contribution in [0.3, 0.4) is 0 Å². The fourth-order valence-electron chi connectivity index (χ4n) is 2.14. The first-order valence-corrected chi connectivity index (χ1v) is 7.22. The van der Waals surface area contributed by atoms with Gasteiger partial charge in [-0.3, -0.25) is 0 Å². The molecule has 0 bridgehead atoms. The Morgan fingerprint density at radius 1 is 1.28 bits per heavy atom. The zero-order chi connectivity index (χ0) is 13.0. The van der Waals surface area contributed by atoms with Gasteiger partial charge in [-0.15, -0.1) is 0 Å². The Hall–Kier alpha value is -0.580. The zero-order valence-corrected chi connectivity index (χ0v) is 12.5. The van der Waals surface area contributed by atoms with Gasteiger partial charge in [0.1, 0.15) is 5.75 Å². The zero-order valence-electron chi connectivity index (χ0n) is 10.9. The normalized spacial score (nSPS) is 17.9. The molecule has 0 aliphatic carbocycles. The number of benzene rings is 1. The molecule has 1 aliphatic rings. The minimum atomic E-state index is -0.646. The van der Waals surface area contributed by atoms with E-state index in [2.05, 4.69) is 29.8 Å². The molecule has 0 N–H and O–H groups in total. The van der Waals surface area contributed by atoms with Crippen molar-refractivity contribution >= 4 is 15.9 Å². The summed E-state index contributed by atoms with van der Waals surface area (Å²) in [5, 5.41) is 0. The van der Waals surface area contributed by atoms with Crippen molar-refractivity contribution in [3.05, 3.63) is 28.2 Å². The Balaban J connectivity index is 2.36. The SMILES string of the molecule is CCCOc1ccc(Br)cc1C1(CC)OCCO1. The Bertz CT molecular complexity index is 400. The Labute approximate surface area is 117 Å². The van der Waals surface area contributed by atoms with E-state index in [-0.39, 0.29) is 0 Å². The van der Waals surface area contributed by atoms with E-state index in [4.69, 9.17) is 14.2 Å². The van der Waals surface area contributed by atoms with Gasteiger partial charge in [0.05, 0.1) is 25.4 Å². The summed E-state index contributed by atoms with van der Waals surface area (Å²) in [4.78, 5) is 0. The van der Waals surface area contributed by atoms with Gasteiger partial charge in [0, 0.05) is 10.9 Å². The van der Waals surface area contributed by atoms with Crippen LogP contribution < -0.4 is 4.74 Å². The summed E-state index contributed by atoms with van der Waals surface area (Å²) in [6.45, 7) is 6.13. The summed E-state index contributed by atoms with van der Waals surface area (Å²) in [6.07, 6.45) is 1.75.